The van der Waals surface area contributed by atoms with Gasteiger partial charge >= 0.3 is 0 Å². The van der Waals surface area contributed by atoms with Gasteiger partial charge in [-0.15, -0.1) is 0 Å². The molecule has 168 valence electrons. The molecule has 2 aliphatic heterocycles. The third-order valence-electron chi connectivity index (χ3n) is 7.22. The van der Waals surface area contributed by atoms with Crippen LogP contribution in [0, 0.1) is 0 Å². The van der Waals surface area contributed by atoms with Crippen LogP contribution in [-0.2, 0) is 18.4 Å². The van der Waals surface area contributed by atoms with E-state index >= 15 is 0 Å². The third kappa shape index (κ3) is 3.06. The average Bonchev–Trinajstić information content (AvgIpc) is 3.39. The van der Waals surface area contributed by atoms with Crippen molar-refractivity contribution in [3.8, 4) is 0 Å². The summed E-state index contributed by atoms with van der Waals surface area (Å²) < 4.78 is 5.82. The number of rotatable bonds is 6. The highest BCUT2D eigenvalue weighted by molar-refractivity contribution is 6.09. The van der Waals surface area contributed by atoms with E-state index in [1.165, 1.54) is 17.2 Å². The normalized spacial score (nSPS) is 19.8. The van der Waals surface area contributed by atoms with Crippen LogP contribution in [0.2, 0.25) is 0 Å². The Labute approximate surface area is 187 Å². The summed E-state index contributed by atoms with van der Waals surface area (Å²) in [5, 5.41) is 4.17. The minimum absolute atomic E-state index is 0.124. The van der Waals surface area contributed by atoms with Gasteiger partial charge in [0.15, 0.2) is 0 Å². The molecule has 0 saturated heterocycles. The fourth-order valence-corrected chi connectivity index (χ4v) is 5.37. The van der Waals surface area contributed by atoms with Crippen LogP contribution in [0.3, 0.4) is 0 Å². The monoisotopic (exact) mass is 434 g/mol. The zero-order valence-electron chi connectivity index (χ0n) is 19.0. The molecule has 2 aliphatic rings. The van der Waals surface area contributed by atoms with Crippen molar-refractivity contribution in [2.75, 3.05) is 32.7 Å². The first kappa shape index (κ1) is 20.8. The Morgan fingerprint density at radius 3 is 2.84 bits per heavy atom. The molecule has 5 rings (SSSR count). The van der Waals surface area contributed by atoms with Gasteiger partial charge in [-0.25, -0.2) is 0 Å². The third-order valence-corrected chi connectivity index (χ3v) is 7.22. The number of carbonyl (C=O) groups is 2. The molecule has 0 saturated carbocycles. The number of nitrogens with zero attached hydrogens (tertiary/aromatic N) is 2. The molecule has 1 unspecified atom stereocenters. The Morgan fingerprint density at radius 1 is 1.28 bits per heavy atom. The summed E-state index contributed by atoms with van der Waals surface area (Å²) in [6, 6.07) is 8.28. The van der Waals surface area contributed by atoms with E-state index in [9.17, 15) is 9.59 Å². The first-order valence-electron chi connectivity index (χ1n) is 11.5. The topological polar surface area (TPSA) is 81.6 Å². The highest BCUT2D eigenvalue weighted by Gasteiger charge is 2.49. The molecule has 0 spiro atoms. The zero-order valence-corrected chi connectivity index (χ0v) is 19.0. The molecule has 2 aromatic heterocycles. The summed E-state index contributed by atoms with van der Waals surface area (Å²) in [5.74, 6) is 0.220. The molecule has 0 bridgehead atoms. The van der Waals surface area contributed by atoms with Crippen molar-refractivity contribution in [1.82, 2.24) is 20.1 Å². The number of aromatic nitrogens is 1. The molecule has 0 aliphatic carbocycles. The van der Waals surface area contributed by atoms with Gasteiger partial charge in [0.2, 0.25) is 0 Å². The lowest BCUT2D eigenvalue weighted by Crippen LogP contribution is -2.56. The molecule has 0 fully saturated rings. The van der Waals surface area contributed by atoms with Crippen molar-refractivity contribution in [3.63, 3.8) is 0 Å². The molecule has 7 heteroatoms. The van der Waals surface area contributed by atoms with Crippen molar-refractivity contribution < 1.29 is 14.0 Å². The maximum atomic E-state index is 13.6. The van der Waals surface area contributed by atoms with Gasteiger partial charge in [-0.1, -0.05) is 32.0 Å². The van der Waals surface area contributed by atoms with E-state index in [2.05, 4.69) is 48.1 Å². The fraction of sp³-hybridized carbons (Fsp3) is 0.440. The molecule has 1 aromatic carbocycles. The number of fused-ring (bicyclic) bond motifs is 6. The number of benzene rings is 1. The lowest BCUT2D eigenvalue weighted by Gasteiger charge is -2.47. The highest BCUT2D eigenvalue weighted by atomic mass is 16.3. The number of likely N-dealkylation sites (N-methyl/N-ethyl adjacent to an activating group) is 1. The highest BCUT2D eigenvalue weighted by Crippen LogP contribution is 2.45. The SMILES string of the molecule is CCN(CC)CCNC(=O)c1coc2c1C(=O)N1CCc3c([nH]c4ccccc34)C1(C)C2. The van der Waals surface area contributed by atoms with Gasteiger partial charge < -0.3 is 24.5 Å². The van der Waals surface area contributed by atoms with E-state index in [1.54, 1.807) is 0 Å². The van der Waals surface area contributed by atoms with Gasteiger partial charge in [0, 0.05) is 42.7 Å². The number of amides is 2. The summed E-state index contributed by atoms with van der Waals surface area (Å²) in [7, 11) is 0. The number of aromatic amines is 1. The number of H-pyrrole nitrogens is 1. The fourth-order valence-electron chi connectivity index (χ4n) is 5.37. The Balaban J connectivity index is 1.44. The van der Waals surface area contributed by atoms with Crippen molar-refractivity contribution in [2.24, 2.45) is 0 Å². The van der Waals surface area contributed by atoms with E-state index in [4.69, 9.17) is 4.42 Å². The molecule has 4 heterocycles. The standard InChI is InChI=1S/C25H30N4O3/c1-4-28(5-2)13-11-26-23(30)18-15-32-20-14-25(3)22-17(10-12-29(25)24(31)21(18)20)16-8-6-7-9-19(16)27-22/h6-9,15,27H,4-5,10-14H2,1-3H3,(H,26,30). The number of carbonyl (C=O) groups excluding carboxylic acids is 2. The molecule has 2 N–H and O–H groups in total. The van der Waals surface area contributed by atoms with Crippen LogP contribution in [0.1, 0.15) is 58.5 Å². The van der Waals surface area contributed by atoms with Crippen molar-refractivity contribution in [2.45, 2.75) is 39.2 Å². The number of para-hydroxylation sites is 1. The van der Waals surface area contributed by atoms with Crippen LogP contribution in [-0.4, -0.2) is 59.3 Å². The van der Waals surface area contributed by atoms with Gasteiger partial charge in [0.05, 0.1) is 16.7 Å². The first-order chi connectivity index (χ1) is 15.5. The van der Waals surface area contributed by atoms with Gasteiger partial charge in [0.1, 0.15) is 12.0 Å². The zero-order chi connectivity index (χ0) is 22.5. The molecule has 1 atom stereocenters. The maximum absolute atomic E-state index is 13.6. The van der Waals surface area contributed by atoms with E-state index in [0.29, 0.717) is 36.4 Å². The van der Waals surface area contributed by atoms with E-state index < -0.39 is 5.54 Å². The number of furan rings is 1. The Bertz CT molecular complexity index is 1190. The number of nitrogens with one attached hydrogen (secondary N) is 2. The molecule has 0 radical (unpaired) electrons. The van der Waals surface area contributed by atoms with Gasteiger partial charge in [0.25, 0.3) is 11.8 Å². The van der Waals surface area contributed by atoms with Gasteiger partial charge in [-0.05, 0) is 38.1 Å². The molecular weight excluding hydrogens is 404 g/mol. The maximum Gasteiger partial charge on any atom is 0.259 e. The molecule has 32 heavy (non-hydrogen) atoms. The van der Waals surface area contributed by atoms with Crippen LogP contribution in [0.25, 0.3) is 10.9 Å². The predicted molar refractivity (Wildman–Crippen MR) is 123 cm³/mol. The number of hydrogen-bond acceptors (Lipinski definition) is 4. The summed E-state index contributed by atoms with van der Waals surface area (Å²) in [5.41, 5.74) is 3.68. The average molecular weight is 435 g/mol. The van der Waals surface area contributed by atoms with Gasteiger partial charge in [-0.3, -0.25) is 9.59 Å². The van der Waals surface area contributed by atoms with Crippen LogP contribution in [0.4, 0.5) is 0 Å². The lowest BCUT2D eigenvalue weighted by atomic mass is 9.79. The van der Waals surface area contributed by atoms with Crippen molar-refractivity contribution >= 4 is 22.7 Å². The van der Waals surface area contributed by atoms with Crippen LogP contribution < -0.4 is 5.32 Å². The lowest BCUT2D eigenvalue weighted by molar-refractivity contribution is 0.0384. The Hall–Kier alpha value is -3.06. The number of hydrogen-bond donors (Lipinski definition) is 2. The van der Waals surface area contributed by atoms with Crippen LogP contribution in [0.5, 0.6) is 0 Å². The minimum Gasteiger partial charge on any atom is -0.468 e. The second-order valence-electron chi connectivity index (χ2n) is 8.91. The first-order valence-corrected chi connectivity index (χ1v) is 11.5. The molecular formula is C25H30N4O3. The Kier molecular flexibility index (Phi) is 5.08. The molecule has 3 aromatic rings. The van der Waals surface area contributed by atoms with Crippen molar-refractivity contribution in [3.05, 3.63) is 58.7 Å². The summed E-state index contributed by atoms with van der Waals surface area (Å²) in [6.07, 6.45) is 2.78. The largest absolute Gasteiger partial charge is 0.468 e. The quantitative estimate of drug-likeness (QED) is 0.624. The van der Waals surface area contributed by atoms with E-state index in [0.717, 1.165) is 37.3 Å². The molecule has 7 nitrogen and oxygen atoms in total. The smallest absolute Gasteiger partial charge is 0.259 e. The van der Waals surface area contributed by atoms with Crippen LogP contribution in [0.15, 0.2) is 34.9 Å². The second-order valence-corrected chi connectivity index (χ2v) is 8.91. The predicted octanol–water partition coefficient (Wildman–Crippen LogP) is 3.30. The van der Waals surface area contributed by atoms with E-state index in [-0.39, 0.29) is 11.8 Å². The molecule has 2 amide bonds. The van der Waals surface area contributed by atoms with Crippen molar-refractivity contribution in [1.29, 1.82) is 0 Å². The summed E-state index contributed by atoms with van der Waals surface area (Å²) >= 11 is 0. The van der Waals surface area contributed by atoms with Gasteiger partial charge in [-0.2, -0.15) is 0 Å². The summed E-state index contributed by atoms with van der Waals surface area (Å²) in [6.45, 7) is 10.1. The second kappa shape index (κ2) is 7.81. The van der Waals surface area contributed by atoms with E-state index in [1.807, 2.05) is 17.0 Å². The van der Waals surface area contributed by atoms with Crippen LogP contribution >= 0.6 is 0 Å². The summed E-state index contributed by atoms with van der Waals surface area (Å²) in [4.78, 5) is 34.2. The Morgan fingerprint density at radius 2 is 2.06 bits per heavy atom. The minimum atomic E-state index is -0.523.